The third kappa shape index (κ3) is 3.52. The summed E-state index contributed by atoms with van der Waals surface area (Å²) in [6.07, 6.45) is 3.88. The Bertz CT molecular complexity index is 852. The van der Waals surface area contributed by atoms with Gasteiger partial charge < -0.3 is 15.5 Å². The van der Waals surface area contributed by atoms with Crippen molar-refractivity contribution in [3.8, 4) is 0 Å². The molecule has 0 saturated carbocycles. The van der Waals surface area contributed by atoms with Crippen molar-refractivity contribution in [2.45, 2.75) is 33.1 Å². The molecule has 8 heteroatoms. The maximum Gasteiger partial charge on any atom is 0.332 e. The Balaban J connectivity index is 1.88. The lowest BCUT2D eigenvalue weighted by molar-refractivity contribution is 0.0993. The minimum absolute atomic E-state index is 0.223. The highest BCUT2D eigenvalue weighted by atomic mass is 16.4. The first-order valence-corrected chi connectivity index (χ1v) is 7.94. The van der Waals surface area contributed by atoms with Gasteiger partial charge >= 0.3 is 6.03 Å². The van der Waals surface area contributed by atoms with Crippen LogP contribution in [0.4, 0.5) is 10.6 Å². The largest absolute Gasteiger partial charge is 0.455 e. The predicted octanol–water partition coefficient (Wildman–Crippen LogP) is 2.25. The van der Waals surface area contributed by atoms with Crippen molar-refractivity contribution >= 4 is 23.5 Å². The van der Waals surface area contributed by atoms with Crippen molar-refractivity contribution in [2.75, 3.05) is 5.32 Å². The summed E-state index contributed by atoms with van der Waals surface area (Å²) in [4.78, 5) is 27.6. The third-order valence-corrected chi connectivity index (χ3v) is 3.99. The van der Waals surface area contributed by atoms with Crippen molar-refractivity contribution in [2.24, 2.45) is 10.8 Å². The number of carbonyl (C=O) groups is 2. The summed E-state index contributed by atoms with van der Waals surface area (Å²) in [7, 11) is 0. The maximum absolute atomic E-state index is 12.5. The number of amides is 3. The zero-order chi connectivity index (χ0) is 18.0. The first kappa shape index (κ1) is 16.7. The molecule has 25 heavy (non-hydrogen) atoms. The van der Waals surface area contributed by atoms with Gasteiger partial charge in [-0.2, -0.15) is 5.10 Å². The van der Waals surface area contributed by atoms with Crippen molar-refractivity contribution < 1.29 is 14.0 Å². The predicted molar refractivity (Wildman–Crippen MR) is 92.6 cm³/mol. The average molecular weight is 341 g/mol. The van der Waals surface area contributed by atoms with E-state index in [0.717, 1.165) is 17.5 Å². The molecule has 0 fully saturated rings. The monoisotopic (exact) mass is 341 g/mol. The van der Waals surface area contributed by atoms with Gasteiger partial charge in [-0.15, -0.1) is 0 Å². The van der Waals surface area contributed by atoms with Gasteiger partial charge in [-0.25, -0.2) is 15.2 Å². The Labute approximate surface area is 144 Å². The van der Waals surface area contributed by atoms with Gasteiger partial charge in [0, 0.05) is 23.7 Å². The summed E-state index contributed by atoms with van der Waals surface area (Å²) in [5, 5.41) is 6.77. The van der Waals surface area contributed by atoms with E-state index < -0.39 is 6.03 Å². The molecule has 0 atom stereocenters. The SMILES string of the molecule is Cc1ccc(NC(=O)c2oc3c(c2C)/C(=N/NC(N)=O)CCC3)nc1. The molecule has 0 spiro atoms. The number of carbonyl (C=O) groups excluding carboxylic acids is 2. The van der Waals surface area contributed by atoms with Crippen LogP contribution in [0.1, 0.15) is 45.8 Å². The molecule has 0 unspecified atom stereocenters. The second kappa shape index (κ2) is 6.76. The molecule has 2 heterocycles. The molecule has 0 aromatic carbocycles. The summed E-state index contributed by atoms with van der Waals surface area (Å²) < 4.78 is 5.77. The number of aromatic nitrogens is 1. The lowest BCUT2D eigenvalue weighted by Gasteiger charge is -2.13. The van der Waals surface area contributed by atoms with Crippen LogP contribution in [0.15, 0.2) is 27.8 Å². The molecule has 0 bridgehead atoms. The highest BCUT2D eigenvalue weighted by Gasteiger charge is 2.28. The number of hydrogen-bond acceptors (Lipinski definition) is 5. The highest BCUT2D eigenvalue weighted by molar-refractivity contribution is 6.09. The van der Waals surface area contributed by atoms with E-state index in [1.165, 1.54) is 0 Å². The van der Waals surface area contributed by atoms with Crippen LogP contribution < -0.4 is 16.5 Å². The third-order valence-electron chi connectivity index (χ3n) is 3.99. The molecular weight excluding hydrogens is 322 g/mol. The average Bonchev–Trinajstić information content (AvgIpc) is 2.93. The minimum Gasteiger partial charge on any atom is -0.455 e. The number of fused-ring (bicyclic) bond motifs is 1. The first-order valence-electron chi connectivity index (χ1n) is 7.94. The molecule has 0 saturated heterocycles. The van der Waals surface area contributed by atoms with Crippen LogP contribution in [0.5, 0.6) is 0 Å². The number of hydrazone groups is 1. The fraction of sp³-hybridized carbons (Fsp3) is 0.294. The number of aryl methyl sites for hydroxylation is 2. The Morgan fingerprint density at radius 3 is 2.76 bits per heavy atom. The quantitative estimate of drug-likeness (QED) is 0.741. The highest BCUT2D eigenvalue weighted by Crippen LogP contribution is 2.30. The van der Waals surface area contributed by atoms with Gasteiger partial charge in [0.15, 0.2) is 5.76 Å². The number of pyridine rings is 1. The molecule has 4 N–H and O–H groups in total. The lowest BCUT2D eigenvalue weighted by Crippen LogP contribution is -2.27. The number of anilines is 1. The van der Waals surface area contributed by atoms with Gasteiger partial charge in [-0.3, -0.25) is 4.79 Å². The Hall–Kier alpha value is -3.16. The van der Waals surface area contributed by atoms with Crippen molar-refractivity contribution in [1.29, 1.82) is 0 Å². The molecular formula is C17H19N5O3. The van der Waals surface area contributed by atoms with Crippen LogP contribution in [0, 0.1) is 13.8 Å². The molecule has 3 rings (SSSR count). The molecule has 1 aliphatic rings. The molecule has 130 valence electrons. The molecule has 0 aliphatic heterocycles. The zero-order valence-electron chi connectivity index (χ0n) is 14.0. The first-order chi connectivity index (χ1) is 12.0. The second-order valence-electron chi connectivity index (χ2n) is 5.92. The number of nitrogens with one attached hydrogen (secondary N) is 2. The van der Waals surface area contributed by atoms with E-state index >= 15 is 0 Å². The number of rotatable bonds is 3. The topological polar surface area (TPSA) is 123 Å². The molecule has 1 aliphatic carbocycles. The molecule has 0 radical (unpaired) electrons. The zero-order valence-corrected chi connectivity index (χ0v) is 14.0. The van der Waals surface area contributed by atoms with E-state index in [1.54, 1.807) is 19.2 Å². The van der Waals surface area contributed by atoms with E-state index in [1.807, 2.05) is 13.0 Å². The number of hydrogen-bond donors (Lipinski definition) is 3. The Kier molecular flexibility index (Phi) is 4.51. The van der Waals surface area contributed by atoms with Gasteiger partial charge in [-0.1, -0.05) is 6.07 Å². The van der Waals surface area contributed by atoms with Gasteiger partial charge in [0.25, 0.3) is 5.91 Å². The van der Waals surface area contributed by atoms with Crippen LogP contribution in [0.25, 0.3) is 0 Å². The normalized spacial score (nSPS) is 14.9. The smallest absolute Gasteiger partial charge is 0.332 e. The molecule has 3 amide bonds. The molecule has 8 nitrogen and oxygen atoms in total. The van der Waals surface area contributed by atoms with Crippen LogP contribution in [0.2, 0.25) is 0 Å². The number of primary amides is 1. The van der Waals surface area contributed by atoms with Gasteiger partial charge in [0.2, 0.25) is 0 Å². The van der Waals surface area contributed by atoms with E-state index in [2.05, 4.69) is 20.8 Å². The fourth-order valence-electron chi connectivity index (χ4n) is 2.83. The van der Waals surface area contributed by atoms with Gasteiger partial charge in [-0.05, 0) is 38.3 Å². The summed E-state index contributed by atoms with van der Waals surface area (Å²) in [6.45, 7) is 3.72. The van der Waals surface area contributed by atoms with E-state index in [0.29, 0.717) is 35.7 Å². The van der Waals surface area contributed by atoms with Crippen LogP contribution in [-0.4, -0.2) is 22.6 Å². The van der Waals surface area contributed by atoms with Crippen molar-refractivity contribution in [3.63, 3.8) is 0 Å². The van der Waals surface area contributed by atoms with Gasteiger partial charge in [0.1, 0.15) is 11.6 Å². The number of urea groups is 1. The van der Waals surface area contributed by atoms with Gasteiger partial charge in [0.05, 0.1) is 5.71 Å². The van der Waals surface area contributed by atoms with E-state index in [-0.39, 0.29) is 11.7 Å². The van der Waals surface area contributed by atoms with Crippen LogP contribution >= 0.6 is 0 Å². The van der Waals surface area contributed by atoms with Crippen molar-refractivity contribution in [3.05, 3.63) is 46.5 Å². The molecule has 2 aromatic rings. The summed E-state index contributed by atoms with van der Waals surface area (Å²) >= 11 is 0. The fourth-order valence-corrected chi connectivity index (χ4v) is 2.83. The molecule has 2 aromatic heterocycles. The number of nitrogens with zero attached hydrogens (tertiary/aromatic N) is 2. The standard InChI is InChI=1S/C17H19N5O3/c1-9-6-7-13(19-8-9)20-16(23)15-10(2)14-11(21-22-17(18)24)4-3-5-12(14)25-15/h6-8H,3-5H2,1-2H3,(H3,18,22,24)(H,19,20,23)/b21-11+. The van der Waals surface area contributed by atoms with Crippen molar-refractivity contribution in [1.82, 2.24) is 10.4 Å². The maximum atomic E-state index is 12.5. The summed E-state index contributed by atoms with van der Waals surface area (Å²) in [5.74, 6) is 0.996. The minimum atomic E-state index is -0.732. The Morgan fingerprint density at radius 1 is 1.28 bits per heavy atom. The summed E-state index contributed by atoms with van der Waals surface area (Å²) in [6, 6.07) is 2.86. The summed E-state index contributed by atoms with van der Waals surface area (Å²) in [5.41, 5.74) is 10.4. The lowest BCUT2D eigenvalue weighted by atomic mass is 9.93. The van der Waals surface area contributed by atoms with E-state index in [9.17, 15) is 9.59 Å². The number of furan rings is 1. The van der Waals surface area contributed by atoms with Crippen LogP contribution in [-0.2, 0) is 6.42 Å². The Morgan fingerprint density at radius 2 is 2.08 bits per heavy atom. The number of nitrogens with two attached hydrogens (primary N) is 1. The van der Waals surface area contributed by atoms with E-state index in [4.69, 9.17) is 10.2 Å². The second-order valence-corrected chi connectivity index (χ2v) is 5.92. The van der Waals surface area contributed by atoms with Crippen LogP contribution in [0.3, 0.4) is 0 Å².